The molecule has 1 N–H and O–H groups in total. The van der Waals surface area contributed by atoms with Crippen LogP contribution in [0.3, 0.4) is 0 Å². The van der Waals surface area contributed by atoms with Gasteiger partial charge in [-0.15, -0.1) is 6.58 Å². The number of methoxy groups -OCH3 is 1. The second-order valence-corrected chi connectivity index (χ2v) is 11.1. The molecule has 0 amide bonds. The highest BCUT2D eigenvalue weighted by Gasteiger charge is 2.39. The van der Waals surface area contributed by atoms with E-state index in [2.05, 4.69) is 84.1 Å². The van der Waals surface area contributed by atoms with E-state index < -0.39 is 20.1 Å². The summed E-state index contributed by atoms with van der Waals surface area (Å²) in [4.78, 5) is 11.7. The van der Waals surface area contributed by atoms with Crippen LogP contribution in [0.15, 0.2) is 103 Å². The number of hydrogen-bond acceptors (Lipinski definition) is 3. The average Bonchev–Trinajstić information content (AvgIpc) is 2.78. The minimum absolute atomic E-state index is 0.188. The van der Waals surface area contributed by atoms with Crippen LogP contribution in [0, 0.1) is 0 Å². The molecule has 0 spiro atoms. The maximum atomic E-state index is 11.7. The number of rotatable bonds is 8. The molecule has 4 heteroatoms. The lowest BCUT2D eigenvalue weighted by Crippen LogP contribution is -2.67. The zero-order valence-electron chi connectivity index (χ0n) is 16.6. The largest absolute Gasteiger partial charge is 0.467 e. The smallest absolute Gasteiger partial charge is 0.335 e. The van der Waals surface area contributed by atoms with E-state index in [1.54, 1.807) is 0 Å². The van der Waals surface area contributed by atoms with Gasteiger partial charge in [-0.05, 0) is 21.6 Å². The van der Waals surface area contributed by atoms with Gasteiger partial charge in [0.2, 0.25) is 0 Å². The van der Waals surface area contributed by atoms with Crippen molar-refractivity contribution in [1.29, 1.82) is 0 Å². The van der Waals surface area contributed by atoms with Gasteiger partial charge >= 0.3 is 5.97 Å². The summed E-state index contributed by atoms with van der Waals surface area (Å²) in [6, 6.07) is 32.2. The summed E-state index contributed by atoms with van der Waals surface area (Å²) in [5, 5.41) is 14.0. The molecule has 3 rings (SSSR count). The highest BCUT2D eigenvalue weighted by atomic mass is 28.3. The van der Waals surface area contributed by atoms with E-state index in [0.717, 1.165) is 5.57 Å². The number of hydrogen-bond donors (Lipinski definition) is 1. The van der Waals surface area contributed by atoms with Crippen LogP contribution in [-0.4, -0.2) is 32.4 Å². The van der Waals surface area contributed by atoms with Gasteiger partial charge < -0.3 is 9.84 Å². The summed E-state index contributed by atoms with van der Waals surface area (Å²) in [6.07, 6.45) is -1.00. The van der Waals surface area contributed by atoms with Crippen LogP contribution in [0.25, 0.3) is 0 Å². The molecule has 0 saturated heterocycles. The molecular weight excluding hydrogens is 376 g/mol. The number of carbonyl (C=O) groups excluding carboxylic acids is 1. The maximum absolute atomic E-state index is 11.7. The summed E-state index contributed by atoms with van der Waals surface area (Å²) in [6.45, 7) is 4.24. The summed E-state index contributed by atoms with van der Waals surface area (Å²) in [5.41, 5.74) is 0.839. The van der Waals surface area contributed by atoms with E-state index in [0.29, 0.717) is 6.04 Å². The van der Waals surface area contributed by atoms with E-state index in [4.69, 9.17) is 0 Å². The molecule has 0 bridgehead atoms. The first-order chi connectivity index (χ1) is 14.1. The molecule has 3 nitrogen and oxygen atoms in total. The minimum Gasteiger partial charge on any atom is -0.467 e. The molecule has 0 radical (unpaired) electrons. The molecule has 0 saturated carbocycles. The first kappa shape index (κ1) is 20.8. The number of aliphatic hydroxyl groups excluding tert-OH is 1. The number of ether oxygens (including phenoxy) is 1. The normalized spacial score (nSPS) is 12.2. The van der Waals surface area contributed by atoms with Gasteiger partial charge in [0.15, 0.2) is 14.2 Å². The summed E-state index contributed by atoms with van der Waals surface area (Å²) < 4.78 is 4.68. The molecule has 1 atom stereocenters. The topological polar surface area (TPSA) is 46.5 Å². The lowest BCUT2D eigenvalue weighted by molar-refractivity contribution is -0.150. The Hall–Kier alpha value is -2.95. The van der Waals surface area contributed by atoms with Crippen LogP contribution >= 0.6 is 0 Å². The van der Waals surface area contributed by atoms with E-state index >= 15 is 0 Å². The Morgan fingerprint density at radius 2 is 1.24 bits per heavy atom. The van der Waals surface area contributed by atoms with Crippen molar-refractivity contribution < 1.29 is 14.6 Å². The van der Waals surface area contributed by atoms with Crippen molar-refractivity contribution in [3.05, 3.63) is 103 Å². The van der Waals surface area contributed by atoms with Crippen molar-refractivity contribution in [2.75, 3.05) is 7.11 Å². The SMILES string of the molecule is C=C(C[C@@H](O)C(=O)OC)C[Si](c1ccccc1)(c1ccccc1)c1ccccc1. The van der Waals surface area contributed by atoms with Gasteiger partial charge in [-0.1, -0.05) is 96.6 Å². The monoisotopic (exact) mass is 402 g/mol. The zero-order chi connectivity index (χ0) is 20.7. The van der Waals surface area contributed by atoms with Gasteiger partial charge in [0.25, 0.3) is 0 Å². The fraction of sp³-hybridized carbons (Fsp3) is 0.160. The Morgan fingerprint density at radius 3 is 1.59 bits per heavy atom. The molecule has 0 aliphatic carbocycles. The predicted molar refractivity (Wildman–Crippen MR) is 121 cm³/mol. The van der Waals surface area contributed by atoms with Crippen LogP contribution in [-0.2, 0) is 9.53 Å². The molecule has 0 aliphatic rings. The maximum Gasteiger partial charge on any atom is 0.335 e. The summed E-state index contributed by atoms with van der Waals surface area (Å²) in [7, 11) is -1.18. The fourth-order valence-electron chi connectivity index (χ4n) is 3.91. The van der Waals surface area contributed by atoms with Gasteiger partial charge in [0.1, 0.15) is 0 Å². The molecule has 0 fully saturated rings. The molecule has 0 heterocycles. The Morgan fingerprint density at radius 1 is 0.862 bits per heavy atom. The van der Waals surface area contributed by atoms with Crippen molar-refractivity contribution >= 4 is 29.6 Å². The van der Waals surface area contributed by atoms with Crippen molar-refractivity contribution in [2.45, 2.75) is 18.6 Å². The molecule has 29 heavy (non-hydrogen) atoms. The number of esters is 1. The molecule has 0 aliphatic heterocycles. The van der Waals surface area contributed by atoms with Gasteiger partial charge in [-0.25, -0.2) is 4.79 Å². The van der Waals surface area contributed by atoms with E-state index in [1.165, 1.54) is 22.7 Å². The summed E-state index contributed by atoms with van der Waals surface area (Å²) >= 11 is 0. The first-order valence-electron chi connectivity index (χ1n) is 9.67. The lowest BCUT2D eigenvalue weighted by Gasteiger charge is -2.34. The van der Waals surface area contributed by atoms with E-state index in [-0.39, 0.29) is 6.42 Å². The van der Waals surface area contributed by atoms with Crippen molar-refractivity contribution in [2.24, 2.45) is 0 Å². The van der Waals surface area contributed by atoms with Crippen LogP contribution in [0.1, 0.15) is 6.42 Å². The molecule has 3 aromatic carbocycles. The van der Waals surface area contributed by atoms with Gasteiger partial charge in [-0.2, -0.15) is 0 Å². The highest BCUT2D eigenvalue weighted by molar-refractivity contribution is 7.11. The Balaban J connectivity index is 2.12. The molecule has 148 valence electrons. The van der Waals surface area contributed by atoms with Crippen molar-refractivity contribution in [1.82, 2.24) is 0 Å². The zero-order valence-corrected chi connectivity index (χ0v) is 17.6. The number of benzene rings is 3. The second kappa shape index (κ2) is 9.50. The molecular formula is C25H26O3Si. The van der Waals surface area contributed by atoms with Crippen LogP contribution in [0.2, 0.25) is 6.04 Å². The minimum atomic E-state index is -2.46. The third-order valence-electron chi connectivity index (χ3n) is 5.27. The quantitative estimate of drug-likeness (QED) is 0.273. The third kappa shape index (κ3) is 4.55. The summed E-state index contributed by atoms with van der Waals surface area (Å²) in [5.74, 6) is -0.627. The predicted octanol–water partition coefficient (Wildman–Crippen LogP) is 2.64. The van der Waals surface area contributed by atoms with Gasteiger partial charge in [0.05, 0.1) is 7.11 Å². The van der Waals surface area contributed by atoms with Crippen LogP contribution in [0.4, 0.5) is 0 Å². The van der Waals surface area contributed by atoms with Gasteiger partial charge in [0, 0.05) is 6.42 Å². The van der Waals surface area contributed by atoms with Crippen molar-refractivity contribution in [3.63, 3.8) is 0 Å². The fourth-order valence-corrected chi connectivity index (χ4v) is 8.71. The third-order valence-corrected chi connectivity index (χ3v) is 10.3. The Labute approximate surface area is 173 Å². The second-order valence-electron chi connectivity index (χ2n) is 7.17. The molecule has 3 aromatic rings. The first-order valence-corrected chi connectivity index (χ1v) is 11.9. The van der Waals surface area contributed by atoms with E-state index in [1.807, 2.05) is 18.2 Å². The van der Waals surface area contributed by atoms with Crippen LogP contribution in [0.5, 0.6) is 0 Å². The van der Waals surface area contributed by atoms with Crippen molar-refractivity contribution in [3.8, 4) is 0 Å². The Bertz CT molecular complexity index is 843. The van der Waals surface area contributed by atoms with Crippen LogP contribution < -0.4 is 15.6 Å². The number of carbonyl (C=O) groups is 1. The lowest BCUT2D eigenvalue weighted by atomic mass is 10.1. The van der Waals surface area contributed by atoms with Gasteiger partial charge in [-0.3, -0.25) is 0 Å². The highest BCUT2D eigenvalue weighted by Crippen LogP contribution is 2.21. The average molecular weight is 403 g/mol. The van der Waals surface area contributed by atoms with E-state index in [9.17, 15) is 9.90 Å². The standard InChI is InChI=1S/C25H26O3Si/c1-20(18-24(26)25(27)28-2)19-29(21-12-6-3-7-13-21,22-14-8-4-9-15-22)23-16-10-5-11-17-23/h3-17,24,26H,1,18-19H2,2H3/t24-/m1/s1. The number of aliphatic hydroxyl groups is 1. The Kier molecular flexibility index (Phi) is 6.80. The molecule has 0 unspecified atom stereocenters. The molecule has 0 aromatic heterocycles.